The average molecular weight is 541 g/mol. The van der Waals surface area contributed by atoms with Gasteiger partial charge in [-0.2, -0.15) is 0 Å². The Balaban J connectivity index is 0.000000216. The quantitative estimate of drug-likeness (QED) is 0.190. The van der Waals surface area contributed by atoms with E-state index in [9.17, 15) is 9.59 Å². The Morgan fingerprint density at radius 2 is 0.897 bits per heavy atom. The third-order valence-corrected chi connectivity index (χ3v) is 7.00. The molecular weight excluding hydrogens is 504 g/mol. The molecule has 0 unspecified atom stereocenters. The van der Waals surface area contributed by atoms with E-state index in [4.69, 9.17) is 11.6 Å². The Morgan fingerprint density at radius 1 is 0.513 bits per heavy atom. The molecule has 0 fully saturated rings. The summed E-state index contributed by atoms with van der Waals surface area (Å²) in [4.78, 5) is 29.1. The maximum absolute atomic E-state index is 12.4. The minimum absolute atomic E-state index is 0.0401. The van der Waals surface area contributed by atoms with Crippen molar-refractivity contribution in [3.05, 3.63) is 130 Å². The van der Waals surface area contributed by atoms with Gasteiger partial charge in [0.2, 0.25) is 0 Å². The summed E-state index contributed by atoms with van der Waals surface area (Å²) in [5, 5.41) is 0.491. The standard InChI is InChI=1S/C17H18ClNO.C17H19NO/c1-3-19(4-2)14-11-9-13(10-12-14)17(20)15-7-5-6-8-16(15)18;1-3-18(4-2)16-12-10-15(11-13-16)17(19)14-8-6-5-7-9-14/h5-12H,3-4H2,1-2H3;5-13H,3-4H2,1-2H3. The Labute approximate surface area is 237 Å². The summed E-state index contributed by atoms with van der Waals surface area (Å²) >= 11 is 6.07. The molecule has 4 rings (SSSR count). The van der Waals surface area contributed by atoms with Crippen LogP contribution in [0.4, 0.5) is 11.4 Å². The maximum Gasteiger partial charge on any atom is 0.194 e. The third-order valence-electron chi connectivity index (χ3n) is 6.67. The SMILES string of the molecule is CCN(CC)c1ccc(C(=O)c2ccccc2)cc1.CCN(CC)c1ccc(C(=O)c2ccccc2Cl)cc1. The van der Waals surface area contributed by atoms with E-state index in [0.717, 1.165) is 48.7 Å². The minimum atomic E-state index is -0.0401. The maximum atomic E-state index is 12.4. The molecular formula is C34H37ClN2O2. The zero-order valence-corrected chi connectivity index (χ0v) is 24.0. The van der Waals surface area contributed by atoms with Gasteiger partial charge in [0.25, 0.3) is 0 Å². The largest absolute Gasteiger partial charge is 0.372 e. The summed E-state index contributed by atoms with van der Waals surface area (Å²) in [7, 11) is 0. The van der Waals surface area contributed by atoms with Crippen LogP contribution in [0, 0.1) is 0 Å². The predicted molar refractivity (Wildman–Crippen MR) is 165 cm³/mol. The Morgan fingerprint density at radius 3 is 1.33 bits per heavy atom. The van der Waals surface area contributed by atoms with Crippen LogP contribution in [-0.2, 0) is 0 Å². The smallest absolute Gasteiger partial charge is 0.194 e. The first-order valence-electron chi connectivity index (χ1n) is 13.5. The molecule has 0 aliphatic carbocycles. The van der Waals surface area contributed by atoms with Crippen molar-refractivity contribution in [3.8, 4) is 0 Å². The van der Waals surface area contributed by atoms with E-state index >= 15 is 0 Å². The lowest BCUT2D eigenvalue weighted by atomic mass is 10.0. The van der Waals surface area contributed by atoms with E-state index in [1.807, 2.05) is 91.0 Å². The van der Waals surface area contributed by atoms with Gasteiger partial charge < -0.3 is 9.80 Å². The number of carbonyl (C=O) groups is 2. The molecule has 0 spiro atoms. The molecule has 0 amide bonds. The highest BCUT2D eigenvalue weighted by molar-refractivity contribution is 6.35. The normalized spacial score (nSPS) is 10.3. The van der Waals surface area contributed by atoms with E-state index in [1.165, 1.54) is 0 Å². The van der Waals surface area contributed by atoms with Crippen LogP contribution in [0.2, 0.25) is 5.02 Å². The lowest BCUT2D eigenvalue weighted by Gasteiger charge is -2.21. The summed E-state index contributed by atoms with van der Waals surface area (Å²) in [5.74, 6) is 0.0355. The lowest BCUT2D eigenvalue weighted by Crippen LogP contribution is -2.21. The summed E-state index contributed by atoms with van der Waals surface area (Å²) in [6, 6.07) is 32.1. The number of hydrogen-bond acceptors (Lipinski definition) is 4. The van der Waals surface area contributed by atoms with Crippen LogP contribution in [-0.4, -0.2) is 37.7 Å². The third kappa shape index (κ3) is 7.81. The monoisotopic (exact) mass is 540 g/mol. The zero-order chi connectivity index (χ0) is 28.2. The van der Waals surface area contributed by atoms with Crippen molar-refractivity contribution < 1.29 is 9.59 Å². The van der Waals surface area contributed by atoms with E-state index in [1.54, 1.807) is 12.1 Å². The van der Waals surface area contributed by atoms with Gasteiger partial charge in [-0.25, -0.2) is 0 Å². The first-order valence-corrected chi connectivity index (χ1v) is 13.9. The second-order valence-electron chi connectivity index (χ2n) is 8.94. The van der Waals surface area contributed by atoms with E-state index in [0.29, 0.717) is 16.1 Å². The number of nitrogens with zero attached hydrogens (tertiary/aromatic N) is 2. The molecule has 202 valence electrons. The zero-order valence-electron chi connectivity index (χ0n) is 23.2. The van der Waals surface area contributed by atoms with Gasteiger partial charge >= 0.3 is 0 Å². The first kappa shape index (κ1) is 29.7. The Hall–Kier alpha value is -3.89. The van der Waals surface area contributed by atoms with Crippen molar-refractivity contribution in [2.24, 2.45) is 0 Å². The summed E-state index contributed by atoms with van der Waals surface area (Å²) in [6.07, 6.45) is 0. The average Bonchev–Trinajstić information content (AvgIpc) is 2.99. The summed E-state index contributed by atoms with van der Waals surface area (Å²) in [6.45, 7) is 12.4. The lowest BCUT2D eigenvalue weighted by molar-refractivity contribution is 0.103. The molecule has 0 bridgehead atoms. The van der Waals surface area contributed by atoms with Gasteiger partial charge in [0.05, 0.1) is 5.02 Å². The van der Waals surface area contributed by atoms with Gasteiger partial charge in [0.1, 0.15) is 0 Å². The van der Waals surface area contributed by atoms with Gasteiger partial charge in [-0.3, -0.25) is 9.59 Å². The molecule has 0 radical (unpaired) electrons. The molecule has 0 aliphatic rings. The predicted octanol–water partition coefficient (Wildman–Crippen LogP) is 8.18. The van der Waals surface area contributed by atoms with Crippen molar-refractivity contribution in [2.45, 2.75) is 27.7 Å². The van der Waals surface area contributed by atoms with Crippen LogP contribution in [0.5, 0.6) is 0 Å². The van der Waals surface area contributed by atoms with Gasteiger partial charge in [-0.1, -0.05) is 54.1 Å². The number of rotatable bonds is 10. The molecule has 0 saturated heterocycles. The molecule has 5 heteroatoms. The van der Waals surface area contributed by atoms with Crippen LogP contribution in [0.15, 0.2) is 103 Å². The Bertz CT molecular complexity index is 1330. The molecule has 0 heterocycles. The number of hydrogen-bond donors (Lipinski definition) is 0. The molecule has 39 heavy (non-hydrogen) atoms. The van der Waals surface area contributed by atoms with Crippen LogP contribution in [0.25, 0.3) is 0 Å². The number of benzene rings is 4. The summed E-state index contributed by atoms with van der Waals surface area (Å²) in [5.41, 5.74) is 4.97. The van der Waals surface area contributed by atoms with Crippen molar-refractivity contribution >= 4 is 34.5 Å². The van der Waals surface area contributed by atoms with E-state index in [2.05, 4.69) is 37.5 Å². The van der Waals surface area contributed by atoms with Crippen molar-refractivity contribution in [1.82, 2.24) is 0 Å². The Kier molecular flexibility index (Phi) is 11.3. The minimum Gasteiger partial charge on any atom is -0.372 e. The molecule has 0 aliphatic heterocycles. The fraction of sp³-hybridized carbons (Fsp3) is 0.235. The van der Waals surface area contributed by atoms with Crippen LogP contribution in [0.1, 0.15) is 59.5 Å². The number of halogens is 1. The van der Waals surface area contributed by atoms with Crippen molar-refractivity contribution in [2.75, 3.05) is 36.0 Å². The first-order chi connectivity index (χ1) is 18.9. The van der Waals surface area contributed by atoms with Gasteiger partial charge in [-0.05, 0) is 88.4 Å². The number of anilines is 2. The van der Waals surface area contributed by atoms with Gasteiger partial charge in [0, 0.05) is 59.8 Å². The van der Waals surface area contributed by atoms with Gasteiger partial charge in [-0.15, -0.1) is 0 Å². The summed E-state index contributed by atoms with van der Waals surface area (Å²) < 4.78 is 0. The fourth-order valence-corrected chi connectivity index (χ4v) is 4.60. The molecule has 0 N–H and O–H groups in total. The van der Waals surface area contributed by atoms with Crippen LogP contribution >= 0.6 is 11.6 Å². The van der Waals surface area contributed by atoms with Crippen LogP contribution < -0.4 is 9.80 Å². The molecule has 0 atom stereocenters. The number of carbonyl (C=O) groups excluding carboxylic acids is 2. The molecule has 4 aromatic carbocycles. The second-order valence-corrected chi connectivity index (χ2v) is 9.35. The number of ketones is 2. The molecule has 0 aromatic heterocycles. The topological polar surface area (TPSA) is 40.6 Å². The fourth-order valence-electron chi connectivity index (χ4n) is 4.38. The van der Waals surface area contributed by atoms with Crippen molar-refractivity contribution in [3.63, 3.8) is 0 Å². The highest BCUT2D eigenvalue weighted by atomic mass is 35.5. The van der Waals surface area contributed by atoms with Crippen molar-refractivity contribution in [1.29, 1.82) is 0 Å². The van der Waals surface area contributed by atoms with E-state index < -0.39 is 0 Å². The van der Waals surface area contributed by atoms with E-state index in [-0.39, 0.29) is 11.6 Å². The molecule has 4 aromatic rings. The van der Waals surface area contributed by atoms with Crippen LogP contribution in [0.3, 0.4) is 0 Å². The molecule has 0 saturated carbocycles. The highest BCUT2D eigenvalue weighted by Gasteiger charge is 2.13. The second kappa shape index (κ2) is 14.9. The van der Waals surface area contributed by atoms with Gasteiger partial charge in [0.15, 0.2) is 11.6 Å². The molecule has 4 nitrogen and oxygen atoms in total. The highest BCUT2D eigenvalue weighted by Crippen LogP contribution is 2.21.